The van der Waals surface area contributed by atoms with Gasteiger partial charge < -0.3 is 25.3 Å². The molecule has 2 amide bonds. The summed E-state index contributed by atoms with van der Waals surface area (Å²) in [5.41, 5.74) is 7.29. The van der Waals surface area contributed by atoms with Gasteiger partial charge in [0.15, 0.2) is 11.5 Å². The first-order valence-electron chi connectivity index (χ1n) is 7.06. The lowest BCUT2D eigenvalue weighted by Crippen LogP contribution is -2.47. The molecule has 0 aliphatic carbocycles. The first-order valence-corrected chi connectivity index (χ1v) is 7.06. The Morgan fingerprint density at radius 2 is 1.52 bits per heavy atom. The molecule has 8 nitrogen and oxygen atoms in total. The average Bonchev–Trinajstić information content (AvgIpc) is 2.50. The molecule has 0 saturated heterocycles. The second-order valence-electron chi connectivity index (χ2n) is 4.75. The Kier molecular flexibility index (Phi) is 6.06. The van der Waals surface area contributed by atoms with Crippen molar-refractivity contribution in [2.75, 3.05) is 32.8 Å². The van der Waals surface area contributed by atoms with Crippen molar-refractivity contribution in [1.29, 1.82) is 5.41 Å². The Morgan fingerprint density at radius 1 is 1.09 bits per heavy atom. The number of hydrogen-bond donors (Lipinski definition) is 3. The highest BCUT2D eigenvalue weighted by molar-refractivity contribution is 6.15. The van der Waals surface area contributed by atoms with Crippen molar-refractivity contribution in [2.45, 2.75) is 20.8 Å². The van der Waals surface area contributed by atoms with E-state index in [1.165, 1.54) is 21.3 Å². The third-order valence-electron chi connectivity index (χ3n) is 3.41. The number of hydrogen-bond acceptors (Lipinski definition) is 5. The van der Waals surface area contributed by atoms with E-state index in [1.807, 2.05) is 0 Å². The summed E-state index contributed by atoms with van der Waals surface area (Å²) in [6.45, 7) is 5.72. The van der Waals surface area contributed by atoms with Crippen molar-refractivity contribution in [3.63, 3.8) is 0 Å². The van der Waals surface area contributed by atoms with Gasteiger partial charge in [-0.3, -0.25) is 5.41 Å². The number of nitrogens with zero attached hydrogens (tertiary/aromatic N) is 1. The number of methoxy groups -OCH3 is 3. The molecule has 0 heterocycles. The zero-order chi connectivity index (χ0) is 17.7. The van der Waals surface area contributed by atoms with Crippen molar-refractivity contribution in [2.24, 2.45) is 5.73 Å². The van der Waals surface area contributed by atoms with Gasteiger partial charge >= 0.3 is 6.03 Å². The zero-order valence-corrected chi connectivity index (χ0v) is 14.4. The average molecular weight is 324 g/mol. The van der Waals surface area contributed by atoms with Crippen molar-refractivity contribution < 1.29 is 19.0 Å². The Balaban J connectivity index is 3.74. The molecule has 23 heavy (non-hydrogen) atoms. The molecule has 0 aliphatic heterocycles. The maximum absolute atomic E-state index is 12.3. The van der Waals surface area contributed by atoms with E-state index in [0.29, 0.717) is 40.6 Å². The fourth-order valence-electron chi connectivity index (χ4n) is 2.51. The highest BCUT2D eigenvalue weighted by atomic mass is 16.5. The molecule has 8 heteroatoms. The molecule has 1 rings (SSSR count). The lowest BCUT2D eigenvalue weighted by Gasteiger charge is -2.27. The number of benzene rings is 1. The number of ether oxygens (including phenoxy) is 3. The van der Waals surface area contributed by atoms with E-state index in [2.05, 4.69) is 5.32 Å². The van der Waals surface area contributed by atoms with Crippen LogP contribution < -0.4 is 30.2 Å². The molecule has 1 aromatic carbocycles. The number of carbonyl (C=O) groups is 1. The van der Waals surface area contributed by atoms with Crippen LogP contribution in [0.2, 0.25) is 0 Å². The molecule has 0 radical (unpaired) electrons. The van der Waals surface area contributed by atoms with Gasteiger partial charge in [-0.1, -0.05) is 0 Å². The van der Waals surface area contributed by atoms with E-state index in [0.717, 1.165) is 4.90 Å². The van der Waals surface area contributed by atoms with Crippen molar-refractivity contribution in [1.82, 2.24) is 5.32 Å². The van der Waals surface area contributed by atoms with E-state index >= 15 is 0 Å². The van der Waals surface area contributed by atoms with Gasteiger partial charge in [-0.2, -0.15) is 0 Å². The second kappa shape index (κ2) is 7.57. The molecular formula is C15H24N4O4. The predicted octanol–water partition coefficient (Wildman–Crippen LogP) is 1.76. The quantitative estimate of drug-likeness (QED) is 0.564. The van der Waals surface area contributed by atoms with E-state index < -0.39 is 12.0 Å². The lowest BCUT2D eigenvalue weighted by atomic mass is 10.0. The SMILES string of the molecule is CCNC(=O)N(C(=N)N)c1c(C)c(OC)c(OC)c(OC)c1C. The molecule has 0 aromatic heterocycles. The predicted molar refractivity (Wildman–Crippen MR) is 89.0 cm³/mol. The van der Waals surface area contributed by atoms with Crippen molar-refractivity contribution >= 4 is 17.7 Å². The molecule has 0 aliphatic rings. The van der Waals surface area contributed by atoms with Crippen LogP contribution in [-0.4, -0.2) is 39.9 Å². The van der Waals surface area contributed by atoms with Crippen LogP contribution in [0.3, 0.4) is 0 Å². The Hall–Kier alpha value is -2.64. The van der Waals surface area contributed by atoms with Crippen molar-refractivity contribution in [3.05, 3.63) is 11.1 Å². The normalized spacial score (nSPS) is 10.0. The smallest absolute Gasteiger partial charge is 0.328 e. The summed E-state index contributed by atoms with van der Waals surface area (Å²) in [6, 6.07) is -0.500. The summed E-state index contributed by atoms with van der Waals surface area (Å²) in [6.07, 6.45) is 0. The molecule has 128 valence electrons. The second-order valence-corrected chi connectivity index (χ2v) is 4.75. The van der Waals surface area contributed by atoms with Gasteiger partial charge in [0.1, 0.15) is 0 Å². The molecule has 0 bridgehead atoms. The Labute approximate surface area is 136 Å². The number of nitrogens with two attached hydrogens (primary N) is 1. The molecular weight excluding hydrogens is 300 g/mol. The topological polar surface area (TPSA) is 110 Å². The van der Waals surface area contributed by atoms with Gasteiger partial charge in [0.05, 0.1) is 27.0 Å². The van der Waals surface area contributed by atoms with E-state index in [-0.39, 0.29) is 0 Å². The van der Waals surface area contributed by atoms with Gasteiger partial charge in [-0.15, -0.1) is 0 Å². The molecule has 1 aromatic rings. The monoisotopic (exact) mass is 324 g/mol. The molecule has 4 N–H and O–H groups in total. The van der Waals surface area contributed by atoms with E-state index in [9.17, 15) is 4.79 Å². The number of urea groups is 1. The van der Waals surface area contributed by atoms with Crippen LogP contribution in [0.1, 0.15) is 18.1 Å². The molecule has 0 saturated carbocycles. The minimum absolute atomic E-state index is 0.406. The molecule has 0 atom stereocenters. The first-order chi connectivity index (χ1) is 10.8. The number of nitrogens with one attached hydrogen (secondary N) is 2. The summed E-state index contributed by atoms with van der Waals surface area (Å²) in [5.74, 6) is 0.852. The first kappa shape index (κ1) is 18.4. The van der Waals surface area contributed by atoms with Crippen molar-refractivity contribution in [3.8, 4) is 17.2 Å². The lowest BCUT2D eigenvalue weighted by molar-refractivity contribution is 0.249. The van der Waals surface area contributed by atoms with Crippen LogP contribution in [-0.2, 0) is 0 Å². The van der Waals surface area contributed by atoms with Gasteiger partial charge in [-0.25, -0.2) is 9.69 Å². The summed E-state index contributed by atoms with van der Waals surface area (Å²) in [4.78, 5) is 13.4. The van der Waals surface area contributed by atoms with Gasteiger partial charge in [0, 0.05) is 17.7 Å². The third kappa shape index (κ3) is 3.25. The summed E-state index contributed by atoms with van der Waals surface area (Å²) < 4.78 is 16.2. The zero-order valence-electron chi connectivity index (χ0n) is 14.4. The minimum atomic E-state index is -0.500. The number of amides is 2. The maximum atomic E-state index is 12.3. The molecule has 0 fully saturated rings. The molecule has 0 unspecified atom stereocenters. The Morgan fingerprint density at radius 3 is 1.83 bits per heavy atom. The van der Waals surface area contributed by atoms with Crippen LogP contribution >= 0.6 is 0 Å². The summed E-state index contributed by atoms with van der Waals surface area (Å²) in [7, 11) is 4.49. The third-order valence-corrected chi connectivity index (χ3v) is 3.41. The highest BCUT2D eigenvalue weighted by Crippen LogP contribution is 2.48. The van der Waals surface area contributed by atoms with Crippen LogP contribution in [0.5, 0.6) is 17.2 Å². The Bertz CT molecular complexity index is 585. The van der Waals surface area contributed by atoms with Crippen LogP contribution in [0.15, 0.2) is 0 Å². The summed E-state index contributed by atoms with van der Waals surface area (Å²) >= 11 is 0. The van der Waals surface area contributed by atoms with Gasteiger partial charge in [0.2, 0.25) is 11.7 Å². The standard InChI is InChI=1S/C15H24N4O4/c1-7-18-15(20)19(14(16)17)10-8(2)11(21-4)13(23-6)12(22-5)9(10)3/h7H2,1-6H3,(H3,16,17)(H,18,20). The number of carbonyl (C=O) groups excluding carboxylic acids is 1. The largest absolute Gasteiger partial charge is 0.492 e. The van der Waals surface area contributed by atoms with Crippen LogP contribution in [0.25, 0.3) is 0 Å². The number of anilines is 1. The fraction of sp³-hybridized carbons (Fsp3) is 0.467. The fourth-order valence-corrected chi connectivity index (χ4v) is 2.51. The molecule has 0 spiro atoms. The number of guanidine groups is 1. The summed E-state index contributed by atoms with van der Waals surface area (Å²) in [5, 5.41) is 10.4. The van der Waals surface area contributed by atoms with Gasteiger partial charge in [0.25, 0.3) is 0 Å². The van der Waals surface area contributed by atoms with Crippen LogP contribution in [0, 0.1) is 19.3 Å². The minimum Gasteiger partial charge on any atom is -0.492 e. The van der Waals surface area contributed by atoms with Gasteiger partial charge in [-0.05, 0) is 20.8 Å². The van der Waals surface area contributed by atoms with E-state index in [1.54, 1.807) is 20.8 Å². The highest BCUT2D eigenvalue weighted by Gasteiger charge is 2.29. The van der Waals surface area contributed by atoms with E-state index in [4.69, 9.17) is 25.4 Å². The van der Waals surface area contributed by atoms with Crippen LogP contribution in [0.4, 0.5) is 10.5 Å². The maximum Gasteiger partial charge on any atom is 0.328 e. The number of rotatable bonds is 5.